The molecule has 0 atom stereocenters. The van der Waals surface area contributed by atoms with E-state index < -0.39 is 11.9 Å². The molecule has 0 unspecified atom stereocenters. The Morgan fingerprint density at radius 3 is 1.24 bits per heavy atom. The largest absolute Gasteiger partial charge is 0.462 e. The minimum absolute atomic E-state index is 0.174. The summed E-state index contributed by atoms with van der Waals surface area (Å²) in [5.74, 6) is -1.61. The van der Waals surface area contributed by atoms with Gasteiger partial charge in [-0.15, -0.1) is 0 Å². The third-order valence-electron chi connectivity index (χ3n) is 8.59. The van der Waals surface area contributed by atoms with E-state index in [1.54, 1.807) is 35.8 Å². The Hall–Kier alpha value is -5.50. The molecule has 258 valence electrons. The molecule has 0 radical (unpaired) electrons. The van der Waals surface area contributed by atoms with E-state index in [0.29, 0.717) is 35.6 Å². The number of carbonyl (C=O) groups is 4. The third-order valence-corrected chi connectivity index (χ3v) is 8.59. The van der Waals surface area contributed by atoms with Crippen LogP contribution in [0.4, 0.5) is 0 Å². The first-order valence-electron chi connectivity index (χ1n) is 17.5. The van der Waals surface area contributed by atoms with E-state index in [-0.39, 0.29) is 47.3 Å². The Labute approximate surface area is 294 Å². The van der Waals surface area contributed by atoms with Gasteiger partial charge in [-0.1, -0.05) is 112 Å². The van der Waals surface area contributed by atoms with Crippen LogP contribution >= 0.6 is 0 Å². The van der Waals surface area contributed by atoms with Crippen LogP contribution in [0, 0.1) is 0 Å². The lowest BCUT2D eigenvalue weighted by atomic mass is 9.99. The van der Waals surface area contributed by atoms with Gasteiger partial charge in [0, 0.05) is 13.1 Å². The zero-order valence-electron chi connectivity index (χ0n) is 29.2. The number of ether oxygens (including phenoxy) is 2. The molecule has 2 aliphatic heterocycles. The molecule has 5 rings (SSSR count). The standard InChI is InChI=1S/C42H44N2O6/c1-5-9-25-43-37(31-17-13-11-14-18-31)35(41(47)49-7-3)33(39(43)45)27-29-21-23-30(24-22-29)28-34-36(42(48)50-8-4)38(32-19-15-12-16-20-32)44(40(34)46)26-10-6-2/h11-24,27-28H,5-10,25-26H2,1-4H3/b33-27-,34-28-. The monoisotopic (exact) mass is 672 g/mol. The SMILES string of the molecule is CCCCN1C(=O)/C(=C\c2ccc(/C=C3\C(=O)N(CCCC)C(c4ccccc4)=C3C(=O)OCC)cc2)C(C(=O)OCC)=C1c1ccccc1. The number of amides is 2. The van der Waals surface area contributed by atoms with Crippen LogP contribution in [0.3, 0.4) is 0 Å². The van der Waals surface area contributed by atoms with Gasteiger partial charge in [-0.25, -0.2) is 9.59 Å². The number of esters is 2. The van der Waals surface area contributed by atoms with Crippen LogP contribution in [0.25, 0.3) is 23.5 Å². The van der Waals surface area contributed by atoms with Crippen molar-refractivity contribution in [1.82, 2.24) is 9.80 Å². The number of nitrogens with zero attached hydrogens (tertiary/aromatic N) is 2. The molecule has 2 amide bonds. The van der Waals surface area contributed by atoms with Gasteiger partial charge in [0.05, 0.1) is 46.9 Å². The van der Waals surface area contributed by atoms with Gasteiger partial charge in [-0.2, -0.15) is 0 Å². The summed E-state index contributed by atoms with van der Waals surface area (Å²) in [6.07, 6.45) is 6.75. The summed E-state index contributed by atoms with van der Waals surface area (Å²) >= 11 is 0. The molecule has 0 fully saturated rings. The highest BCUT2D eigenvalue weighted by Crippen LogP contribution is 2.40. The quantitative estimate of drug-likeness (QED) is 0.129. The fourth-order valence-electron chi connectivity index (χ4n) is 6.19. The summed E-state index contributed by atoms with van der Waals surface area (Å²) in [5, 5.41) is 0. The van der Waals surface area contributed by atoms with Crippen LogP contribution in [-0.4, -0.2) is 59.9 Å². The molecule has 0 N–H and O–H groups in total. The summed E-state index contributed by atoms with van der Waals surface area (Å²) in [5.41, 5.74) is 5.03. The first-order valence-corrected chi connectivity index (χ1v) is 17.5. The molecular formula is C42H44N2O6. The highest BCUT2D eigenvalue weighted by molar-refractivity contribution is 6.24. The van der Waals surface area contributed by atoms with Crippen molar-refractivity contribution in [2.75, 3.05) is 26.3 Å². The van der Waals surface area contributed by atoms with E-state index in [1.807, 2.05) is 84.9 Å². The maximum Gasteiger partial charge on any atom is 0.341 e. The van der Waals surface area contributed by atoms with Gasteiger partial charge in [0.1, 0.15) is 0 Å². The van der Waals surface area contributed by atoms with Crippen molar-refractivity contribution in [3.8, 4) is 0 Å². The van der Waals surface area contributed by atoms with Gasteiger partial charge >= 0.3 is 11.9 Å². The lowest BCUT2D eigenvalue weighted by Gasteiger charge is -2.20. The van der Waals surface area contributed by atoms with Gasteiger partial charge in [0.15, 0.2) is 0 Å². The lowest BCUT2D eigenvalue weighted by Crippen LogP contribution is -2.26. The Kier molecular flexibility index (Phi) is 12.0. The summed E-state index contributed by atoms with van der Waals surface area (Å²) < 4.78 is 10.9. The van der Waals surface area contributed by atoms with Crippen LogP contribution in [0.15, 0.2) is 107 Å². The molecule has 0 aliphatic carbocycles. The average Bonchev–Trinajstić information content (AvgIpc) is 3.57. The first-order chi connectivity index (χ1) is 24.3. The van der Waals surface area contributed by atoms with Crippen molar-refractivity contribution in [2.45, 2.75) is 53.4 Å². The van der Waals surface area contributed by atoms with Crippen molar-refractivity contribution < 1.29 is 28.7 Å². The van der Waals surface area contributed by atoms with Crippen molar-refractivity contribution in [1.29, 1.82) is 0 Å². The predicted molar refractivity (Wildman–Crippen MR) is 196 cm³/mol. The topological polar surface area (TPSA) is 93.2 Å². The normalized spacial score (nSPS) is 16.3. The molecule has 0 bridgehead atoms. The van der Waals surface area contributed by atoms with E-state index in [1.165, 1.54) is 0 Å². The fraction of sp³-hybridized carbons (Fsp3) is 0.286. The van der Waals surface area contributed by atoms with Gasteiger partial charge in [0.2, 0.25) is 0 Å². The minimum Gasteiger partial charge on any atom is -0.462 e. The summed E-state index contributed by atoms with van der Waals surface area (Å²) in [7, 11) is 0. The first kappa shape index (κ1) is 35.8. The number of benzene rings is 3. The fourth-order valence-corrected chi connectivity index (χ4v) is 6.19. The van der Waals surface area contributed by atoms with Crippen molar-refractivity contribution in [3.05, 3.63) is 129 Å². The molecule has 3 aromatic rings. The number of rotatable bonds is 14. The zero-order chi connectivity index (χ0) is 35.6. The van der Waals surface area contributed by atoms with E-state index >= 15 is 0 Å². The molecule has 2 aliphatic rings. The molecule has 2 heterocycles. The maximum absolute atomic E-state index is 14.0. The van der Waals surface area contributed by atoms with Gasteiger partial charge < -0.3 is 19.3 Å². The highest BCUT2D eigenvalue weighted by Gasteiger charge is 2.41. The summed E-state index contributed by atoms with van der Waals surface area (Å²) in [4.78, 5) is 58.2. The molecular weight excluding hydrogens is 628 g/mol. The minimum atomic E-state index is -0.550. The third kappa shape index (κ3) is 7.54. The van der Waals surface area contributed by atoms with Crippen LogP contribution in [0.2, 0.25) is 0 Å². The number of hydrogen-bond donors (Lipinski definition) is 0. The average molecular weight is 673 g/mol. The molecule has 0 spiro atoms. The molecule has 0 aromatic heterocycles. The second kappa shape index (κ2) is 16.7. The zero-order valence-corrected chi connectivity index (χ0v) is 29.2. The molecule has 0 saturated carbocycles. The molecule has 0 saturated heterocycles. The van der Waals surface area contributed by atoms with E-state index in [2.05, 4.69) is 13.8 Å². The Morgan fingerprint density at radius 1 is 0.560 bits per heavy atom. The van der Waals surface area contributed by atoms with E-state index in [4.69, 9.17) is 9.47 Å². The van der Waals surface area contributed by atoms with Crippen molar-refractivity contribution >= 4 is 47.3 Å². The van der Waals surface area contributed by atoms with E-state index in [9.17, 15) is 19.2 Å². The summed E-state index contributed by atoms with van der Waals surface area (Å²) in [6.45, 7) is 8.89. The second-order valence-corrected chi connectivity index (χ2v) is 12.0. The van der Waals surface area contributed by atoms with Crippen molar-refractivity contribution in [3.63, 3.8) is 0 Å². The molecule has 3 aromatic carbocycles. The van der Waals surface area contributed by atoms with Crippen LogP contribution in [-0.2, 0) is 28.7 Å². The molecule has 8 nitrogen and oxygen atoms in total. The maximum atomic E-state index is 14.0. The van der Waals surface area contributed by atoms with E-state index in [0.717, 1.165) is 36.8 Å². The highest BCUT2D eigenvalue weighted by atomic mass is 16.5. The van der Waals surface area contributed by atoms with Gasteiger partial charge in [0.25, 0.3) is 11.8 Å². The Balaban J connectivity index is 1.58. The second-order valence-electron chi connectivity index (χ2n) is 12.0. The number of carbonyl (C=O) groups excluding carboxylic acids is 4. The van der Waals surface area contributed by atoms with Gasteiger partial charge in [-0.05, 0) is 61.1 Å². The Bertz CT molecular complexity index is 1720. The van der Waals surface area contributed by atoms with Crippen LogP contribution < -0.4 is 0 Å². The smallest absolute Gasteiger partial charge is 0.341 e. The van der Waals surface area contributed by atoms with Crippen LogP contribution in [0.5, 0.6) is 0 Å². The van der Waals surface area contributed by atoms with Gasteiger partial charge in [-0.3, -0.25) is 9.59 Å². The van der Waals surface area contributed by atoms with Crippen molar-refractivity contribution in [2.24, 2.45) is 0 Å². The van der Waals surface area contributed by atoms with Crippen LogP contribution in [0.1, 0.15) is 75.6 Å². The predicted octanol–water partition coefficient (Wildman–Crippen LogP) is 7.69. The Morgan fingerprint density at radius 2 is 0.920 bits per heavy atom. The molecule has 50 heavy (non-hydrogen) atoms. The lowest BCUT2D eigenvalue weighted by molar-refractivity contribution is -0.139. The molecule has 8 heteroatoms. The number of hydrogen-bond acceptors (Lipinski definition) is 6. The number of unbranched alkanes of at least 4 members (excludes halogenated alkanes) is 2. The summed E-state index contributed by atoms with van der Waals surface area (Å²) in [6, 6.07) is 26.2.